The van der Waals surface area contributed by atoms with Crippen LogP contribution in [0.2, 0.25) is 0 Å². The summed E-state index contributed by atoms with van der Waals surface area (Å²) in [5.74, 6) is -1.03. The maximum Gasteiger partial charge on any atom is 0.329 e. The number of para-hydroxylation sites is 2. The van der Waals surface area contributed by atoms with Crippen LogP contribution in [0.1, 0.15) is 16.7 Å². The van der Waals surface area contributed by atoms with Crippen LogP contribution in [0.4, 0.5) is 11.4 Å². The van der Waals surface area contributed by atoms with Gasteiger partial charge in [0.25, 0.3) is 5.91 Å². The van der Waals surface area contributed by atoms with Crippen molar-refractivity contribution in [2.75, 3.05) is 31.5 Å². The summed E-state index contributed by atoms with van der Waals surface area (Å²) in [5, 5.41) is 9.08. The van der Waals surface area contributed by atoms with Gasteiger partial charge in [-0.2, -0.15) is 5.10 Å². The molecule has 3 aromatic carbocycles. The fourth-order valence-corrected chi connectivity index (χ4v) is 3.41. The van der Waals surface area contributed by atoms with Crippen molar-refractivity contribution in [3.8, 4) is 17.2 Å². The highest BCUT2D eigenvalue weighted by Gasteiger charge is 2.15. The molecule has 0 aromatic heterocycles. The molecule has 0 aliphatic carbocycles. The summed E-state index contributed by atoms with van der Waals surface area (Å²) in [5.41, 5.74) is 5.87. The summed E-state index contributed by atoms with van der Waals surface area (Å²) in [7, 11) is 2.92. The van der Waals surface area contributed by atoms with Gasteiger partial charge in [-0.3, -0.25) is 14.4 Å². The Hall–Kier alpha value is -4.86. The van der Waals surface area contributed by atoms with E-state index in [1.807, 2.05) is 32.0 Å². The molecule has 0 bridgehead atoms. The summed E-state index contributed by atoms with van der Waals surface area (Å²) >= 11 is 0. The normalized spacial score (nSPS) is 10.5. The predicted molar refractivity (Wildman–Crippen MR) is 140 cm³/mol. The van der Waals surface area contributed by atoms with E-state index in [-0.39, 0.29) is 12.5 Å². The third-order valence-corrected chi connectivity index (χ3v) is 4.99. The molecular formula is C27H28N4O6. The van der Waals surface area contributed by atoms with E-state index in [0.29, 0.717) is 34.2 Å². The Kier molecular flexibility index (Phi) is 9.20. The summed E-state index contributed by atoms with van der Waals surface area (Å²) in [6, 6.07) is 17.4. The van der Waals surface area contributed by atoms with Crippen LogP contribution >= 0.6 is 0 Å². The van der Waals surface area contributed by atoms with Gasteiger partial charge in [-0.05, 0) is 73.0 Å². The van der Waals surface area contributed by atoms with Gasteiger partial charge in [0.15, 0.2) is 18.1 Å². The molecule has 0 fully saturated rings. The van der Waals surface area contributed by atoms with Gasteiger partial charge in [-0.25, -0.2) is 5.43 Å². The van der Waals surface area contributed by atoms with Gasteiger partial charge in [0.05, 0.1) is 26.1 Å². The highest BCUT2D eigenvalue weighted by molar-refractivity contribution is 6.39. The standard InChI is InChI=1S/C27H28N4O6/c1-17-11-18(2)13-20(12-17)29-25(32)16-37-23-10-9-19(14-24(23)36-4)15-28-31-27(34)26(33)30-21-7-5-6-8-22(21)35-3/h5-15H,16H2,1-4H3,(H,29,32)(H,30,33)(H,31,34)/b28-15-. The Morgan fingerprint density at radius 3 is 2.22 bits per heavy atom. The molecule has 3 rings (SSSR count). The van der Waals surface area contributed by atoms with Crippen molar-refractivity contribution in [3.63, 3.8) is 0 Å². The van der Waals surface area contributed by atoms with Crippen molar-refractivity contribution in [2.24, 2.45) is 5.10 Å². The number of hydrogen-bond acceptors (Lipinski definition) is 7. The van der Waals surface area contributed by atoms with Crippen LogP contribution in [0, 0.1) is 13.8 Å². The molecule has 0 radical (unpaired) electrons. The zero-order valence-corrected chi connectivity index (χ0v) is 21.0. The van der Waals surface area contributed by atoms with Crippen LogP contribution in [0.15, 0.2) is 65.8 Å². The molecule has 0 spiro atoms. The molecule has 10 nitrogen and oxygen atoms in total. The fraction of sp³-hybridized carbons (Fsp3) is 0.185. The second-order valence-corrected chi connectivity index (χ2v) is 7.98. The number of methoxy groups -OCH3 is 2. The number of hydrogen-bond donors (Lipinski definition) is 3. The molecule has 192 valence electrons. The van der Waals surface area contributed by atoms with Gasteiger partial charge in [-0.1, -0.05) is 18.2 Å². The van der Waals surface area contributed by atoms with Gasteiger partial charge in [0, 0.05) is 5.69 Å². The minimum Gasteiger partial charge on any atom is -0.495 e. The second-order valence-electron chi connectivity index (χ2n) is 7.98. The first-order chi connectivity index (χ1) is 17.8. The molecule has 37 heavy (non-hydrogen) atoms. The van der Waals surface area contributed by atoms with E-state index < -0.39 is 11.8 Å². The monoisotopic (exact) mass is 504 g/mol. The smallest absolute Gasteiger partial charge is 0.329 e. The minimum absolute atomic E-state index is 0.214. The molecule has 3 amide bonds. The SMILES string of the molecule is COc1ccccc1NC(=O)C(=O)N/N=C\c1ccc(OCC(=O)Nc2cc(C)cc(C)c2)c(OC)c1. The number of ether oxygens (including phenoxy) is 3. The van der Waals surface area contributed by atoms with Crippen LogP contribution in [0.5, 0.6) is 17.2 Å². The maximum atomic E-state index is 12.3. The van der Waals surface area contributed by atoms with E-state index >= 15 is 0 Å². The second kappa shape index (κ2) is 12.7. The van der Waals surface area contributed by atoms with Crippen LogP contribution in [0.3, 0.4) is 0 Å². The molecule has 0 aliphatic heterocycles. The Balaban J connectivity index is 1.54. The molecule has 3 N–H and O–H groups in total. The van der Waals surface area contributed by atoms with Gasteiger partial charge in [0.1, 0.15) is 5.75 Å². The number of carbonyl (C=O) groups is 3. The molecule has 0 heterocycles. The summed E-state index contributed by atoms with van der Waals surface area (Å²) in [6.07, 6.45) is 1.34. The fourth-order valence-electron chi connectivity index (χ4n) is 3.41. The number of hydrazone groups is 1. The lowest BCUT2D eigenvalue weighted by molar-refractivity contribution is -0.136. The number of carbonyl (C=O) groups excluding carboxylic acids is 3. The molecular weight excluding hydrogens is 476 g/mol. The zero-order valence-electron chi connectivity index (χ0n) is 21.0. The van der Waals surface area contributed by atoms with Crippen LogP contribution in [0.25, 0.3) is 0 Å². The largest absolute Gasteiger partial charge is 0.495 e. The summed E-state index contributed by atoms with van der Waals surface area (Å²) in [6.45, 7) is 3.70. The van der Waals surface area contributed by atoms with Gasteiger partial charge < -0.3 is 24.8 Å². The Morgan fingerprint density at radius 2 is 1.51 bits per heavy atom. The highest BCUT2D eigenvalue weighted by Crippen LogP contribution is 2.27. The summed E-state index contributed by atoms with van der Waals surface area (Å²) < 4.78 is 16.1. The van der Waals surface area contributed by atoms with Crippen molar-refractivity contribution in [1.82, 2.24) is 5.43 Å². The zero-order chi connectivity index (χ0) is 26.8. The first-order valence-electron chi connectivity index (χ1n) is 11.3. The van der Waals surface area contributed by atoms with Crippen molar-refractivity contribution >= 4 is 35.3 Å². The average Bonchev–Trinajstić information content (AvgIpc) is 2.87. The number of nitrogens with zero attached hydrogens (tertiary/aromatic N) is 1. The van der Waals surface area contributed by atoms with E-state index in [2.05, 4.69) is 21.2 Å². The topological polar surface area (TPSA) is 127 Å². The molecule has 0 saturated heterocycles. The molecule has 0 unspecified atom stereocenters. The quantitative estimate of drug-likeness (QED) is 0.233. The Morgan fingerprint density at radius 1 is 0.811 bits per heavy atom. The van der Waals surface area contributed by atoms with E-state index in [0.717, 1.165) is 11.1 Å². The van der Waals surface area contributed by atoms with Gasteiger partial charge in [-0.15, -0.1) is 0 Å². The van der Waals surface area contributed by atoms with Gasteiger partial charge >= 0.3 is 11.8 Å². The van der Waals surface area contributed by atoms with E-state index in [1.54, 1.807) is 42.5 Å². The lowest BCUT2D eigenvalue weighted by Gasteiger charge is -2.12. The average molecular weight is 505 g/mol. The van der Waals surface area contributed by atoms with Gasteiger partial charge in [0.2, 0.25) is 0 Å². The van der Waals surface area contributed by atoms with Crippen LogP contribution < -0.4 is 30.3 Å². The van der Waals surface area contributed by atoms with Crippen molar-refractivity contribution in [3.05, 3.63) is 77.4 Å². The molecule has 0 aliphatic rings. The Bertz CT molecular complexity index is 1300. The van der Waals surface area contributed by atoms with Crippen molar-refractivity contribution in [1.29, 1.82) is 0 Å². The van der Waals surface area contributed by atoms with Crippen LogP contribution in [-0.2, 0) is 14.4 Å². The first kappa shape index (κ1) is 26.7. The number of rotatable bonds is 9. The Labute approximate surface area is 214 Å². The first-order valence-corrected chi connectivity index (χ1v) is 11.3. The third kappa shape index (κ3) is 7.82. The summed E-state index contributed by atoms with van der Waals surface area (Å²) in [4.78, 5) is 36.5. The predicted octanol–water partition coefficient (Wildman–Crippen LogP) is 3.43. The number of amides is 3. The molecule has 0 saturated carbocycles. The van der Waals surface area contributed by atoms with E-state index in [4.69, 9.17) is 14.2 Å². The molecule has 10 heteroatoms. The lowest BCUT2D eigenvalue weighted by Crippen LogP contribution is -2.32. The molecule has 3 aromatic rings. The number of aryl methyl sites for hydroxylation is 2. The van der Waals surface area contributed by atoms with Crippen LogP contribution in [-0.4, -0.2) is 44.8 Å². The van der Waals surface area contributed by atoms with Crippen molar-refractivity contribution in [2.45, 2.75) is 13.8 Å². The molecule has 0 atom stereocenters. The minimum atomic E-state index is -0.955. The van der Waals surface area contributed by atoms with Crippen molar-refractivity contribution < 1.29 is 28.6 Å². The number of benzene rings is 3. The lowest BCUT2D eigenvalue weighted by atomic mass is 10.1. The van der Waals surface area contributed by atoms with E-state index in [1.165, 1.54) is 20.4 Å². The van der Waals surface area contributed by atoms with E-state index in [9.17, 15) is 14.4 Å². The highest BCUT2D eigenvalue weighted by atomic mass is 16.5. The third-order valence-electron chi connectivity index (χ3n) is 4.99. The number of nitrogens with one attached hydrogen (secondary N) is 3. The maximum absolute atomic E-state index is 12.3. The number of anilines is 2.